The van der Waals surface area contributed by atoms with E-state index in [0.29, 0.717) is 21.4 Å². The van der Waals surface area contributed by atoms with Crippen LogP contribution in [0.15, 0.2) is 83.8 Å². The predicted molar refractivity (Wildman–Crippen MR) is 148 cm³/mol. The fourth-order valence-electron chi connectivity index (χ4n) is 4.22. The lowest BCUT2D eigenvalue weighted by Gasteiger charge is -2.12. The Kier molecular flexibility index (Phi) is 6.82. The molecule has 4 aromatic rings. The number of anilines is 1. The van der Waals surface area contributed by atoms with Gasteiger partial charge in [-0.2, -0.15) is 0 Å². The van der Waals surface area contributed by atoms with Gasteiger partial charge in [0.1, 0.15) is 17.2 Å². The Hall–Kier alpha value is -3.94. The summed E-state index contributed by atoms with van der Waals surface area (Å²) in [6.45, 7) is 3.99. The molecule has 5 rings (SSSR count). The van der Waals surface area contributed by atoms with Gasteiger partial charge >= 0.3 is 0 Å². The van der Waals surface area contributed by atoms with Gasteiger partial charge in [0.15, 0.2) is 0 Å². The molecule has 1 aromatic heterocycles. The van der Waals surface area contributed by atoms with Gasteiger partial charge in [0.25, 0.3) is 11.1 Å². The maximum atomic E-state index is 13.1. The number of nitrogens with zero attached hydrogens (tertiary/aromatic N) is 2. The molecule has 1 fully saturated rings. The Bertz CT molecular complexity index is 1520. The fraction of sp³-hybridized carbons (Fsp3) is 0.103. The van der Waals surface area contributed by atoms with E-state index in [1.54, 1.807) is 37.5 Å². The van der Waals surface area contributed by atoms with Crippen molar-refractivity contribution in [1.82, 2.24) is 4.57 Å². The molecular weight excluding hydrogens is 508 g/mol. The first-order valence-corrected chi connectivity index (χ1v) is 12.7. The van der Waals surface area contributed by atoms with Crippen molar-refractivity contribution < 1.29 is 19.1 Å². The van der Waals surface area contributed by atoms with Crippen molar-refractivity contribution in [1.29, 1.82) is 0 Å². The molecule has 2 heterocycles. The number of imide groups is 1. The van der Waals surface area contributed by atoms with Crippen LogP contribution in [0.2, 0.25) is 5.02 Å². The minimum Gasteiger partial charge on any atom is -0.497 e. The largest absolute Gasteiger partial charge is 0.497 e. The predicted octanol–water partition coefficient (Wildman–Crippen LogP) is 7.79. The third-order valence-corrected chi connectivity index (χ3v) is 7.11. The molecule has 2 amide bonds. The Morgan fingerprint density at radius 2 is 1.49 bits per heavy atom. The van der Waals surface area contributed by atoms with Crippen LogP contribution in [0.25, 0.3) is 11.8 Å². The van der Waals surface area contributed by atoms with Gasteiger partial charge < -0.3 is 14.0 Å². The molecule has 3 aromatic carbocycles. The summed E-state index contributed by atoms with van der Waals surface area (Å²) in [4.78, 5) is 27.2. The summed E-state index contributed by atoms with van der Waals surface area (Å²) in [5.74, 6) is 1.84. The van der Waals surface area contributed by atoms with E-state index in [0.717, 1.165) is 50.8 Å². The van der Waals surface area contributed by atoms with Gasteiger partial charge in [-0.15, -0.1) is 0 Å². The number of thioether (sulfide) groups is 1. The molecule has 0 unspecified atom stereocenters. The first-order valence-electron chi connectivity index (χ1n) is 11.5. The van der Waals surface area contributed by atoms with E-state index in [4.69, 9.17) is 21.1 Å². The Balaban J connectivity index is 1.38. The number of aromatic nitrogens is 1. The van der Waals surface area contributed by atoms with Crippen LogP contribution in [-0.4, -0.2) is 22.8 Å². The molecule has 0 radical (unpaired) electrons. The van der Waals surface area contributed by atoms with E-state index < -0.39 is 0 Å². The van der Waals surface area contributed by atoms with E-state index in [1.165, 1.54) is 0 Å². The molecule has 0 atom stereocenters. The molecule has 8 heteroatoms. The highest BCUT2D eigenvalue weighted by atomic mass is 35.5. The number of carbonyl (C=O) groups excluding carboxylic acids is 2. The van der Waals surface area contributed by atoms with Crippen LogP contribution in [0.4, 0.5) is 10.5 Å². The second-order valence-corrected chi connectivity index (χ2v) is 9.86. The number of benzene rings is 3. The molecular formula is C29H23ClN2O4S. The number of hydrogen-bond donors (Lipinski definition) is 0. The summed E-state index contributed by atoms with van der Waals surface area (Å²) in [6, 6.07) is 23.9. The number of hydrogen-bond acceptors (Lipinski definition) is 5. The highest BCUT2D eigenvalue weighted by molar-refractivity contribution is 8.19. The van der Waals surface area contributed by atoms with Crippen molar-refractivity contribution in [3.8, 4) is 22.9 Å². The van der Waals surface area contributed by atoms with Gasteiger partial charge in [0.05, 0.1) is 17.7 Å². The summed E-state index contributed by atoms with van der Waals surface area (Å²) < 4.78 is 13.2. The lowest BCUT2D eigenvalue weighted by Crippen LogP contribution is -2.27. The van der Waals surface area contributed by atoms with Crippen LogP contribution in [-0.2, 0) is 4.79 Å². The van der Waals surface area contributed by atoms with Gasteiger partial charge in [-0.25, -0.2) is 4.90 Å². The summed E-state index contributed by atoms with van der Waals surface area (Å²) in [6.07, 6.45) is 1.77. The summed E-state index contributed by atoms with van der Waals surface area (Å²) in [5, 5.41) is 0.115. The molecule has 1 aliphatic heterocycles. The maximum Gasteiger partial charge on any atom is 0.298 e. The van der Waals surface area contributed by atoms with Gasteiger partial charge in [0, 0.05) is 22.1 Å². The molecule has 0 aliphatic carbocycles. The molecule has 0 bridgehead atoms. The first kappa shape index (κ1) is 24.7. The lowest BCUT2D eigenvalue weighted by molar-refractivity contribution is -0.113. The van der Waals surface area contributed by atoms with Crippen molar-refractivity contribution in [2.75, 3.05) is 12.0 Å². The molecule has 37 heavy (non-hydrogen) atoms. The van der Waals surface area contributed by atoms with Crippen molar-refractivity contribution in [2.24, 2.45) is 0 Å². The van der Waals surface area contributed by atoms with Crippen LogP contribution >= 0.6 is 23.4 Å². The molecule has 186 valence electrons. The van der Waals surface area contributed by atoms with Crippen molar-refractivity contribution in [3.05, 3.63) is 106 Å². The van der Waals surface area contributed by atoms with Crippen molar-refractivity contribution in [2.45, 2.75) is 13.8 Å². The van der Waals surface area contributed by atoms with Gasteiger partial charge in [-0.1, -0.05) is 17.7 Å². The standard InChI is InChI=1S/C29H23ClN2O4S/c1-18-15-20(16-27-28(33)32(29(34)37-27)23-6-4-5-21(30)17-23)19(2)31(18)22-7-9-25(10-8-22)36-26-13-11-24(35-3)12-14-26/h4-17H,1-3H3/b27-16-. The topological polar surface area (TPSA) is 60.8 Å². The number of halogens is 1. The quantitative estimate of drug-likeness (QED) is 0.238. The zero-order valence-electron chi connectivity index (χ0n) is 20.4. The van der Waals surface area contributed by atoms with E-state index in [1.807, 2.05) is 68.4 Å². The molecule has 0 N–H and O–H groups in total. The zero-order valence-corrected chi connectivity index (χ0v) is 22.0. The van der Waals surface area contributed by atoms with Crippen LogP contribution in [0.3, 0.4) is 0 Å². The Labute approximate surface area is 224 Å². The third kappa shape index (κ3) is 5.01. The van der Waals surface area contributed by atoms with E-state index in [9.17, 15) is 9.59 Å². The van der Waals surface area contributed by atoms with Crippen LogP contribution in [0, 0.1) is 13.8 Å². The number of rotatable bonds is 6. The Morgan fingerprint density at radius 1 is 0.838 bits per heavy atom. The van der Waals surface area contributed by atoms with Crippen LogP contribution in [0.1, 0.15) is 17.0 Å². The number of amides is 2. The highest BCUT2D eigenvalue weighted by Gasteiger charge is 2.36. The second-order valence-electron chi connectivity index (χ2n) is 8.43. The molecule has 6 nitrogen and oxygen atoms in total. The number of aryl methyl sites for hydroxylation is 1. The van der Waals surface area contributed by atoms with Crippen molar-refractivity contribution >= 4 is 46.3 Å². The summed E-state index contributed by atoms with van der Waals surface area (Å²) in [7, 11) is 1.63. The van der Waals surface area contributed by atoms with E-state index >= 15 is 0 Å². The number of carbonyl (C=O) groups is 2. The fourth-order valence-corrected chi connectivity index (χ4v) is 5.24. The normalized spacial score (nSPS) is 14.5. The summed E-state index contributed by atoms with van der Waals surface area (Å²) in [5.41, 5.74) is 4.25. The van der Waals surface area contributed by atoms with Gasteiger partial charge in [0.2, 0.25) is 0 Å². The monoisotopic (exact) mass is 530 g/mol. The van der Waals surface area contributed by atoms with E-state index in [-0.39, 0.29) is 11.1 Å². The lowest BCUT2D eigenvalue weighted by atomic mass is 10.2. The Morgan fingerprint density at radius 3 is 2.14 bits per heavy atom. The van der Waals surface area contributed by atoms with E-state index in [2.05, 4.69) is 4.57 Å². The van der Waals surface area contributed by atoms with Gasteiger partial charge in [-0.3, -0.25) is 9.59 Å². The molecule has 0 spiro atoms. The maximum absolute atomic E-state index is 13.1. The minimum atomic E-state index is -0.359. The van der Waals surface area contributed by atoms with Crippen molar-refractivity contribution in [3.63, 3.8) is 0 Å². The number of methoxy groups -OCH3 is 1. The zero-order chi connectivity index (χ0) is 26.1. The second kappa shape index (κ2) is 10.2. The summed E-state index contributed by atoms with van der Waals surface area (Å²) >= 11 is 6.98. The third-order valence-electron chi connectivity index (χ3n) is 6.01. The van der Waals surface area contributed by atoms with Gasteiger partial charge in [-0.05, 0) is 110 Å². The van der Waals surface area contributed by atoms with Crippen LogP contribution in [0.5, 0.6) is 17.2 Å². The molecule has 1 aliphatic rings. The average molecular weight is 531 g/mol. The molecule has 1 saturated heterocycles. The highest BCUT2D eigenvalue weighted by Crippen LogP contribution is 2.37. The smallest absolute Gasteiger partial charge is 0.298 e. The SMILES string of the molecule is COc1ccc(Oc2ccc(-n3c(C)cc(/C=C4\SC(=O)N(c5cccc(Cl)c5)C4=O)c3C)cc2)cc1. The minimum absolute atomic E-state index is 0.347. The molecule has 0 saturated carbocycles. The first-order chi connectivity index (χ1) is 17.8. The number of ether oxygens (including phenoxy) is 2. The van der Waals surface area contributed by atoms with Crippen LogP contribution < -0.4 is 14.4 Å². The average Bonchev–Trinajstić information content (AvgIpc) is 3.33.